The second kappa shape index (κ2) is 4.60. The van der Waals surface area contributed by atoms with Crippen molar-refractivity contribution in [3.8, 4) is 0 Å². The van der Waals surface area contributed by atoms with Crippen molar-refractivity contribution in [3.05, 3.63) is 29.8 Å². The van der Waals surface area contributed by atoms with Crippen molar-refractivity contribution in [1.29, 1.82) is 0 Å². The highest BCUT2D eigenvalue weighted by molar-refractivity contribution is 7.89. The quantitative estimate of drug-likeness (QED) is 0.798. The van der Waals surface area contributed by atoms with Gasteiger partial charge in [0, 0.05) is 12.1 Å². The number of aryl methyl sites for hydroxylation is 1. The summed E-state index contributed by atoms with van der Waals surface area (Å²) in [7, 11) is -3.34. The Morgan fingerprint density at radius 3 is 2.05 bits per heavy atom. The molecule has 0 aliphatic carbocycles. The maximum absolute atomic E-state index is 12.7. The van der Waals surface area contributed by atoms with E-state index in [-0.39, 0.29) is 17.5 Å². The maximum atomic E-state index is 12.7. The highest BCUT2D eigenvalue weighted by Gasteiger charge is 2.58. The average Bonchev–Trinajstić information content (AvgIpc) is 3.04. The second-order valence-corrected chi connectivity index (χ2v) is 8.28. The van der Waals surface area contributed by atoms with Gasteiger partial charge in [-0.05, 0) is 30.9 Å². The standard InChI is InChI=1S/C15H23NO2S/c1-6-13-14(15(3,4)5)16(13)19(17,18)12-9-7-11(2)8-10-12/h7-10,13-14H,6H2,1-5H3/t13-,14+,16?/m1/s1. The lowest BCUT2D eigenvalue weighted by molar-refractivity contribution is 0.368. The molecule has 1 aliphatic heterocycles. The van der Waals surface area contributed by atoms with E-state index in [1.54, 1.807) is 16.4 Å². The average molecular weight is 281 g/mol. The van der Waals surface area contributed by atoms with Gasteiger partial charge in [0.05, 0.1) is 4.90 Å². The fraction of sp³-hybridized carbons (Fsp3) is 0.600. The lowest BCUT2D eigenvalue weighted by Crippen LogP contribution is -2.23. The lowest BCUT2D eigenvalue weighted by Gasteiger charge is -2.18. The van der Waals surface area contributed by atoms with Crippen LogP contribution < -0.4 is 0 Å². The molecule has 1 unspecified atom stereocenters. The predicted octanol–water partition coefficient (Wildman–Crippen LogP) is 3.19. The van der Waals surface area contributed by atoms with Crippen LogP contribution in [0.1, 0.15) is 39.7 Å². The SMILES string of the molecule is CC[C@@H]1[C@@H](C(C)(C)C)N1S(=O)(=O)c1ccc(C)cc1. The van der Waals surface area contributed by atoms with Gasteiger partial charge in [-0.25, -0.2) is 8.42 Å². The van der Waals surface area contributed by atoms with Gasteiger partial charge in [-0.1, -0.05) is 45.4 Å². The van der Waals surface area contributed by atoms with Crippen molar-refractivity contribution in [2.24, 2.45) is 5.41 Å². The zero-order valence-electron chi connectivity index (χ0n) is 12.3. The van der Waals surface area contributed by atoms with Gasteiger partial charge in [-0.15, -0.1) is 0 Å². The summed E-state index contributed by atoms with van der Waals surface area (Å²) in [4.78, 5) is 0.406. The van der Waals surface area contributed by atoms with E-state index in [2.05, 4.69) is 20.8 Å². The van der Waals surface area contributed by atoms with Crippen LogP contribution in [0.3, 0.4) is 0 Å². The smallest absolute Gasteiger partial charge is 0.207 e. The highest BCUT2D eigenvalue weighted by Crippen LogP contribution is 2.47. The predicted molar refractivity (Wildman–Crippen MR) is 77.5 cm³/mol. The fourth-order valence-corrected chi connectivity index (χ4v) is 4.82. The third-order valence-electron chi connectivity index (χ3n) is 3.78. The number of hydrogen-bond donors (Lipinski definition) is 0. The first-order valence-electron chi connectivity index (χ1n) is 6.80. The molecule has 0 spiro atoms. The van der Waals surface area contributed by atoms with Gasteiger partial charge in [0.15, 0.2) is 0 Å². The minimum atomic E-state index is -3.34. The van der Waals surface area contributed by atoms with Crippen LogP contribution in [-0.2, 0) is 10.0 Å². The van der Waals surface area contributed by atoms with Crippen molar-refractivity contribution < 1.29 is 8.42 Å². The maximum Gasteiger partial charge on any atom is 0.243 e. The number of nitrogens with zero attached hydrogens (tertiary/aromatic N) is 1. The van der Waals surface area contributed by atoms with E-state index < -0.39 is 10.0 Å². The number of benzene rings is 1. The molecule has 3 nitrogen and oxygen atoms in total. The molecule has 1 saturated heterocycles. The minimum Gasteiger partial charge on any atom is -0.207 e. The summed E-state index contributed by atoms with van der Waals surface area (Å²) >= 11 is 0. The topological polar surface area (TPSA) is 37.1 Å². The first-order chi connectivity index (χ1) is 8.69. The van der Waals surface area contributed by atoms with Gasteiger partial charge in [-0.3, -0.25) is 0 Å². The van der Waals surface area contributed by atoms with Gasteiger partial charge < -0.3 is 0 Å². The minimum absolute atomic E-state index is 0.0154. The molecule has 2 rings (SSSR count). The first-order valence-corrected chi connectivity index (χ1v) is 8.24. The van der Waals surface area contributed by atoms with Crippen LogP contribution in [0.15, 0.2) is 29.2 Å². The first kappa shape index (κ1) is 14.5. The van der Waals surface area contributed by atoms with Crippen molar-refractivity contribution in [2.75, 3.05) is 0 Å². The van der Waals surface area contributed by atoms with Gasteiger partial charge in [0.25, 0.3) is 0 Å². The molecule has 19 heavy (non-hydrogen) atoms. The van der Waals surface area contributed by atoms with Crippen LogP contribution in [0.4, 0.5) is 0 Å². The molecule has 0 aromatic heterocycles. The normalized spacial score (nSPS) is 27.3. The van der Waals surface area contributed by atoms with Crippen LogP contribution in [0.25, 0.3) is 0 Å². The summed E-state index contributed by atoms with van der Waals surface area (Å²) in [6.07, 6.45) is 0.868. The van der Waals surface area contributed by atoms with Crippen LogP contribution in [0, 0.1) is 12.3 Å². The Morgan fingerprint density at radius 1 is 1.16 bits per heavy atom. The summed E-state index contributed by atoms with van der Waals surface area (Å²) in [5, 5.41) is 0. The highest BCUT2D eigenvalue weighted by atomic mass is 32.2. The Morgan fingerprint density at radius 2 is 1.68 bits per heavy atom. The molecule has 106 valence electrons. The number of rotatable bonds is 3. The van der Waals surface area contributed by atoms with Crippen LogP contribution in [0.5, 0.6) is 0 Å². The van der Waals surface area contributed by atoms with Crippen LogP contribution in [0.2, 0.25) is 0 Å². The Bertz CT molecular complexity index is 555. The van der Waals surface area contributed by atoms with Crippen LogP contribution >= 0.6 is 0 Å². The Labute approximate surface area is 116 Å². The second-order valence-electron chi connectivity index (χ2n) is 6.43. The molecule has 0 bridgehead atoms. The molecule has 3 atom stereocenters. The van der Waals surface area contributed by atoms with E-state index in [9.17, 15) is 8.42 Å². The molecule has 1 aromatic carbocycles. The van der Waals surface area contributed by atoms with Crippen molar-refractivity contribution >= 4 is 10.0 Å². The van der Waals surface area contributed by atoms with Crippen molar-refractivity contribution in [1.82, 2.24) is 4.31 Å². The van der Waals surface area contributed by atoms with E-state index in [0.29, 0.717) is 4.90 Å². The molecule has 0 radical (unpaired) electrons. The zero-order valence-corrected chi connectivity index (χ0v) is 13.2. The van der Waals surface area contributed by atoms with Gasteiger partial charge >= 0.3 is 0 Å². The van der Waals surface area contributed by atoms with Crippen molar-refractivity contribution in [3.63, 3.8) is 0 Å². The van der Waals surface area contributed by atoms with Gasteiger partial charge in [0.2, 0.25) is 10.0 Å². The summed E-state index contributed by atoms with van der Waals surface area (Å²) in [6, 6.07) is 7.37. The lowest BCUT2D eigenvalue weighted by atomic mass is 9.89. The molecule has 1 fully saturated rings. The fourth-order valence-electron chi connectivity index (χ4n) is 2.78. The molecule has 1 aromatic rings. The van der Waals surface area contributed by atoms with Crippen LogP contribution in [-0.4, -0.2) is 24.8 Å². The molecule has 0 N–H and O–H groups in total. The molecule has 0 amide bonds. The largest absolute Gasteiger partial charge is 0.243 e. The molecular weight excluding hydrogens is 258 g/mol. The number of sulfonamides is 1. The molecule has 1 heterocycles. The van der Waals surface area contributed by atoms with Crippen molar-refractivity contribution in [2.45, 2.75) is 58.0 Å². The third kappa shape index (κ3) is 2.56. The van der Waals surface area contributed by atoms with Gasteiger partial charge in [0.1, 0.15) is 0 Å². The molecule has 4 heteroatoms. The molecular formula is C15H23NO2S. The van der Waals surface area contributed by atoms with Gasteiger partial charge in [-0.2, -0.15) is 4.31 Å². The third-order valence-corrected chi connectivity index (χ3v) is 5.70. The summed E-state index contributed by atoms with van der Waals surface area (Å²) in [5.74, 6) is 0. The van der Waals surface area contributed by atoms with E-state index in [0.717, 1.165) is 12.0 Å². The Kier molecular flexibility index (Phi) is 3.52. The summed E-state index contributed by atoms with van der Waals surface area (Å²) in [6.45, 7) is 10.3. The molecule has 1 aliphatic rings. The summed E-state index contributed by atoms with van der Waals surface area (Å²) in [5.41, 5.74) is 1.06. The monoisotopic (exact) mass is 281 g/mol. The van der Waals surface area contributed by atoms with E-state index in [1.807, 2.05) is 26.0 Å². The number of hydrogen-bond acceptors (Lipinski definition) is 2. The zero-order chi connectivity index (χ0) is 14.4. The van der Waals surface area contributed by atoms with E-state index in [1.165, 1.54) is 0 Å². The van der Waals surface area contributed by atoms with E-state index >= 15 is 0 Å². The summed E-state index contributed by atoms with van der Waals surface area (Å²) < 4.78 is 27.0. The Hall–Kier alpha value is -0.870. The Balaban J connectivity index is 2.34. The molecule has 0 saturated carbocycles. The van der Waals surface area contributed by atoms with E-state index in [4.69, 9.17) is 0 Å².